The Hall–Kier alpha value is -0.260. The fourth-order valence-electron chi connectivity index (χ4n) is 4.16. The molecule has 0 amide bonds. The lowest BCUT2D eigenvalue weighted by Crippen LogP contribution is -2.19. The number of hydrogen-bond donors (Lipinski definition) is 0. The predicted octanol–water partition coefficient (Wildman–Crippen LogP) is 6.86. The number of allylic oxidation sites excluding steroid dienone is 1. The van der Waals surface area contributed by atoms with Gasteiger partial charge in [0.25, 0.3) is 0 Å². The van der Waals surface area contributed by atoms with Gasteiger partial charge in [-0.25, -0.2) is 0 Å². The summed E-state index contributed by atoms with van der Waals surface area (Å²) in [5, 5.41) is 0. The zero-order valence-electron chi connectivity index (χ0n) is 14.8. The zero-order chi connectivity index (χ0) is 15.1. The van der Waals surface area contributed by atoms with E-state index in [4.69, 9.17) is 0 Å². The van der Waals surface area contributed by atoms with Gasteiger partial charge in [-0.05, 0) is 68.1 Å². The van der Waals surface area contributed by atoms with Crippen molar-refractivity contribution in [2.75, 3.05) is 0 Å². The molecular formula is C20H38. The van der Waals surface area contributed by atoms with Gasteiger partial charge in [-0.2, -0.15) is 0 Å². The van der Waals surface area contributed by atoms with Gasteiger partial charge in [-0.15, -0.1) is 0 Å². The Bertz CT molecular complexity index is 278. The molecule has 0 nitrogen and oxygen atoms in total. The molecule has 1 rings (SSSR count). The standard InChI is InChI=1S/C20H38/c1-7-15(3)13-19-12-11-18(6)20(8-2)17(5)10-9-16(4)14-19/h15-16,18-20H,5,7-14H2,1-4,6H3. The van der Waals surface area contributed by atoms with E-state index in [0.29, 0.717) is 0 Å². The van der Waals surface area contributed by atoms with Gasteiger partial charge in [0.1, 0.15) is 0 Å². The van der Waals surface area contributed by atoms with Crippen LogP contribution in [0.1, 0.15) is 86.0 Å². The zero-order valence-corrected chi connectivity index (χ0v) is 14.8. The van der Waals surface area contributed by atoms with E-state index in [1.807, 2.05) is 0 Å². The maximum absolute atomic E-state index is 4.41. The van der Waals surface area contributed by atoms with Crippen LogP contribution in [0.2, 0.25) is 0 Å². The molecule has 0 aromatic carbocycles. The van der Waals surface area contributed by atoms with Crippen molar-refractivity contribution in [1.82, 2.24) is 0 Å². The van der Waals surface area contributed by atoms with Crippen LogP contribution in [0.4, 0.5) is 0 Å². The highest BCUT2D eigenvalue weighted by Crippen LogP contribution is 2.36. The molecule has 0 radical (unpaired) electrons. The van der Waals surface area contributed by atoms with Crippen LogP contribution in [0.15, 0.2) is 12.2 Å². The van der Waals surface area contributed by atoms with Gasteiger partial charge in [-0.1, -0.05) is 59.6 Å². The maximum atomic E-state index is 4.41. The summed E-state index contributed by atoms with van der Waals surface area (Å²) >= 11 is 0. The molecule has 0 bridgehead atoms. The Morgan fingerprint density at radius 3 is 2.45 bits per heavy atom. The van der Waals surface area contributed by atoms with E-state index >= 15 is 0 Å². The second-order valence-corrected chi connectivity index (χ2v) is 7.72. The molecule has 5 atom stereocenters. The average Bonchev–Trinajstić information content (AvgIpc) is 2.42. The van der Waals surface area contributed by atoms with Crippen molar-refractivity contribution in [3.05, 3.63) is 12.2 Å². The van der Waals surface area contributed by atoms with Crippen molar-refractivity contribution in [2.45, 2.75) is 86.0 Å². The fourth-order valence-corrected chi connectivity index (χ4v) is 4.16. The van der Waals surface area contributed by atoms with E-state index in [2.05, 4.69) is 41.2 Å². The maximum Gasteiger partial charge on any atom is -0.0183 e. The smallest absolute Gasteiger partial charge is 0.0183 e. The Balaban J connectivity index is 2.68. The second-order valence-electron chi connectivity index (χ2n) is 7.72. The van der Waals surface area contributed by atoms with Crippen molar-refractivity contribution in [3.8, 4) is 0 Å². The van der Waals surface area contributed by atoms with E-state index < -0.39 is 0 Å². The molecule has 118 valence electrons. The average molecular weight is 279 g/mol. The van der Waals surface area contributed by atoms with Gasteiger partial charge in [0, 0.05) is 0 Å². The lowest BCUT2D eigenvalue weighted by atomic mass is 9.74. The minimum atomic E-state index is 0.768. The molecule has 0 aromatic heterocycles. The Morgan fingerprint density at radius 2 is 1.85 bits per heavy atom. The SMILES string of the molecule is C=C1CCC(C)CC(CC(C)CC)CCC(C)C1CC. The van der Waals surface area contributed by atoms with Gasteiger partial charge >= 0.3 is 0 Å². The Morgan fingerprint density at radius 1 is 1.15 bits per heavy atom. The first-order valence-electron chi connectivity index (χ1n) is 9.15. The van der Waals surface area contributed by atoms with Crippen LogP contribution in [0, 0.1) is 29.6 Å². The van der Waals surface area contributed by atoms with E-state index in [1.165, 1.54) is 56.9 Å². The van der Waals surface area contributed by atoms with Gasteiger partial charge in [0.15, 0.2) is 0 Å². The fraction of sp³-hybridized carbons (Fsp3) is 0.900. The second kappa shape index (κ2) is 8.90. The van der Waals surface area contributed by atoms with Crippen LogP contribution in [0.25, 0.3) is 0 Å². The van der Waals surface area contributed by atoms with Gasteiger partial charge < -0.3 is 0 Å². The van der Waals surface area contributed by atoms with E-state index in [9.17, 15) is 0 Å². The van der Waals surface area contributed by atoms with Crippen molar-refractivity contribution in [3.63, 3.8) is 0 Å². The molecule has 0 N–H and O–H groups in total. The first-order chi connectivity index (χ1) is 9.47. The molecule has 0 saturated heterocycles. The number of rotatable bonds is 4. The molecule has 1 saturated carbocycles. The molecule has 0 spiro atoms. The van der Waals surface area contributed by atoms with E-state index in [0.717, 1.165) is 29.6 Å². The third-order valence-corrected chi connectivity index (χ3v) is 5.81. The summed E-state index contributed by atoms with van der Waals surface area (Å²) < 4.78 is 0. The van der Waals surface area contributed by atoms with Crippen molar-refractivity contribution in [1.29, 1.82) is 0 Å². The highest BCUT2D eigenvalue weighted by Gasteiger charge is 2.24. The summed E-state index contributed by atoms with van der Waals surface area (Å²) in [6.07, 6.45) is 11.0. The van der Waals surface area contributed by atoms with Gasteiger partial charge in [0.05, 0.1) is 0 Å². The van der Waals surface area contributed by atoms with Crippen LogP contribution >= 0.6 is 0 Å². The molecule has 0 heteroatoms. The summed E-state index contributed by atoms with van der Waals surface area (Å²) in [4.78, 5) is 0. The van der Waals surface area contributed by atoms with E-state index in [1.54, 1.807) is 0 Å². The minimum Gasteiger partial charge on any atom is -0.0996 e. The quantitative estimate of drug-likeness (QED) is 0.493. The summed E-state index contributed by atoms with van der Waals surface area (Å²) in [5.74, 6) is 4.35. The van der Waals surface area contributed by atoms with Gasteiger partial charge in [-0.3, -0.25) is 0 Å². The van der Waals surface area contributed by atoms with Crippen LogP contribution in [0.5, 0.6) is 0 Å². The largest absolute Gasteiger partial charge is 0.0996 e. The highest BCUT2D eigenvalue weighted by atomic mass is 14.3. The third-order valence-electron chi connectivity index (χ3n) is 5.81. The normalized spacial score (nSPS) is 34.8. The molecule has 0 heterocycles. The Labute approximate surface area is 128 Å². The first-order valence-corrected chi connectivity index (χ1v) is 9.15. The summed E-state index contributed by atoms with van der Waals surface area (Å²) in [6, 6.07) is 0. The molecule has 1 fully saturated rings. The monoisotopic (exact) mass is 278 g/mol. The van der Waals surface area contributed by atoms with Crippen molar-refractivity contribution < 1.29 is 0 Å². The number of hydrogen-bond acceptors (Lipinski definition) is 0. The summed E-state index contributed by atoms with van der Waals surface area (Å²) in [7, 11) is 0. The van der Waals surface area contributed by atoms with Crippen LogP contribution in [-0.4, -0.2) is 0 Å². The molecule has 5 unspecified atom stereocenters. The molecule has 20 heavy (non-hydrogen) atoms. The molecule has 0 aliphatic heterocycles. The van der Waals surface area contributed by atoms with Crippen LogP contribution < -0.4 is 0 Å². The van der Waals surface area contributed by atoms with Crippen LogP contribution in [0.3, 0.4) is 0 Å². The molecular weight excluding hydrogens is 240 g/mol. The van der Waals surface area contributed by atoms with Crippen molar-refractivity contribution >= 4 is 0 Å². The first kappa shape index (κ1) is 17.8. The topological polar surface area (TPSA) is 0 Å². The highest BCUT2D eigenvalue weighted by molar-refractivity contribution is 5.02. The summed E-state index contributed by atoms with van der Waals surface area (Å²) in [5.41, 5.74) is 1.53. The lowest BCUT2D eigenvalue weighted by molar-refractivity contribution is 0.246. The van der Waals surface area contributed by atoms with E-state index in [-0.39, 0.29) is 0 Å². The molecule has 1 aliphatic rings. The predicted molar refractivity (Wildman–Crippen MR) is 91.9 cm³/mol. The lowest BCUT2D eigenvalue weighted by Gasteiger charge is -2.31. The van der Waals surface area contributed by atoms with Gasteiger partial charge in [0.2, 0.25) is 0 Å². The Kier molecular flexibility index (Phi) is 7.92. The minimum absolute atomic E-state index is 0.768. The molecule has 1 aliphatic carbocycles. The molecule has 0 aromatic rings. The van der Waals surface area contributed by atoms with Crippen LogP contribution in [-0.2, 0) is 0 Å². The third kappa shape index (κ3) is 5.62. The summed E-state index contributed by atoms with van der Waals surface area (Å²) in [6.45, 7) is 16.5. The van der Waals surface area contributed by atoms with Crippen molar-refractivity contribution in [2.24, 2.45) is 29.6 Å².